The fourth-order valence-electron chi connectivity index (χ4n) is 2.86. The second kappa shape index (κ2) is 8.46. The number of hydrogen-bond donors (Lipinski definition) is 4. The van der Waals surface area contributed by atoms with Crippen molar-refractivity contribution in [2.75, 3.05) is 18.4 Å². The van der Waals surface area contributed by atoms with Gasteiger partial charge in [-0.15, -0.1) is 0 Å². The molecular weight excluding hydrogens is 342 g/mol. The van der Waals surface area contributed by atoms with Crippen molar-refractivity contribution in [3.05, 3.63) is 59.4 Å². The summed E-state index contributed by atoms with van der Waals surface area (Å²) in [5.74, 6) is 0.332. The topological polar surface area (TPSA) is 113 Å². The van der Waals surface area contributed by atoms with E-state index in [0.717, 1.165) is 22.4 Å². The first-order valence-corrected chi connectivity index (χ1v) is 8.90. The molecule has 1 heterocycles. The van der Waals surface area contributed by atoms with Gasteiger partial charge in [-0.05, 0) is 30.7 Å². The Morgan fingerprint density at radius 1 is 1.15 bits per heavy atom. The number of fused-ring (bicyclic) bond motifs is 1. The van der Waals surface area contributed by atoms with Gasteiger partial charge in [-0.25, -0.2) is 4.98 Å². The first-order valence-electron chi connectivity index (χ1n) is 8.90. The molecule has 0 spiro atoms. The number of aromatic nitrogens is 2. The summed E-state index contributed by atoms with van der Waals surface area (Å²) in [7, 11) is 0. The van der Waals surface area contributed by atoms with E-state index in [-0.39, 0.29) is 18.2 Å². The number of para-hydroxylation sites is 2. The molecule has 0 atom stereocenters. The van der Waals surface area contributed by atoms with Gasteiger partial charge in [0.25, 0.3) is 5.91 Å². The number of anilines is 1. The Hall–Kier alpha value is -3.19. The monoisotopic (exact) mass is 365 g/mol. The van der Waals surface area contributed by atoms with Gasteiger partial charge in [0.15, 0.2) is 0 Å². The molecule has 0 radical (unpaired) electrons. The molecule has 27 heavy (non-hydrogen) atoms. The van der Waals surface area contributed by atoms with Crippen molar-refractivity contribution < 1.29 is 9.59 Å². The van der Waals surface area contributed by atoms with E-state index in [1.807, 2.05) is 25.1 Å². The number of aryl methyl sites for hydroxylation is 2. The van der Waals surface area contributed by atoms with Crippen LogP contribution in [-0.4, -0.2) is 34.9 Å². The number of carbonyl (C=O) groups excluding carboxylic acids is 2. The number of aromatic amines is 1. The Kier molecular flexibility index (Phi) is 5.83. The highest BCUT2D eigenvalue weighted by Crippen LogP contribution is 2.17. The van der Waals surface area contributed by atoms with Crippen LogP contribution in [0, 0.1) is 6.92 Å². The Morgan fingerprint density at radius 3 is 2.74 bits per heavy atom. The van der Waals surface area contributed by atoms with Crippen LogP contribution in [0.1, 0.15) is 28.2 Å². The van der Waals surface area contributed by atoms with Gasteiger partial charge in [-0.3, -0.25) is 9.59 Å². The van der Waals surface area contributed by atoms with Gasteiger partial charge in [-0.1, -0.05) is 24.3 Å². The number of H-pyrrole nitrogens is 1. The first-order chi connectivity index (χ1) is 13.1. The average molecular weight is 365 g/mol. The third-order valence-corrected chi connectivity index (χ3v) is 4.23. The molecule has 0 saturated carbocycles. The molecule has 7 heteroatoms. The molecule has 2 amide bonds. The van der Waals surface area contributed by atoms with Gasteiger partial charge >= 0.3 is 0 Å². The molecule has 5 N–H and O–H groups in total. The fourth-order valence-corrected chi connectivity index (χ4v) is 2.86. The highest BCUT2D eigenvalue weighted by molar-refractivity contribution is 6.03. The number of amides is 2. The quantitative estimate of drug-likeness (QED) is 0.514. The summed E-state index contributed by atoms with van der Waals surface area (Å²) >= 11 is 0. The number of nitrogens with one attached hydrogen (secondary N) is 3. The third-order valence-electron chi connectivity index (χ3n) is 4.23. The molecule has 3 aromatic rings. The summed E-state index contributed by atoms with van der Waals surface area (Å²) in [4.78, 5) is 32.3. The molecule has 1 aromatic heterocycles. The Balaban J connectivity index is 1.64. The molecular formula is C20H23N5O2. The van der Waals surface area contributed by atoms with Gasteiger partial charge in [0, 0.05) is 25.9 Å². The zero-order valence-electron chi connectivity index (χ0n) is 15.2. The van der Waals surface area contributed by atoms with Crippen molar-refractivity contribution in [3.8, 4) is 0 Å². The molecule has 7 nitrogen and oxygen atoms in total. The molecule has 140 valence electrons. The van der Waals surface area contributed by atoms with E-state index in [4.69, 9.17) is 5.73 Å². The molecule has 0 aliphatic heterocycles. The number of benzene rings is 2. The van der Waals surface area contributed by atoms with Crippen LogP contribution in [-0.2, 0) is 11.2 Å². The number of carbonyl (C=O) groups is 2. The molecule has 0 aliphatic carbocycles. The summed E-state index contributed by atoms with van der Waals surface area (Å²) in [6.45, 7) is 2.75. The van der Waals surface area contributed by atoms with Gasteiger partial charge in [0.05, 0.1) is 22.3 Å². The van der Waals surface area contributed by atoms with Crippen molar-refractivity contribution in [3.63, 3.8) is 0 Å². The standard InChI is InChI=1S/C20H23N5O2/c1-13-5-4-8-16-19(13)25-17(23-16)9-10-18(26)24-15-7-3-2-6-14(15)20(27)22-12-11-21/h2-8H,9-12,21H2,1H3,(H,22,27)(H,23,25)(H,24,26). The maximum Gasteiger partial charge on any atom is 0.253 e. The third kappa shape index (κ3) is 4.51. The number of rotatable bonds is 7. The highest BCUT2D eigenvalue weighted by Gasteiger charge is 2.13. The van der Waals surface area contributed by atoms with Gasteiger partial charge in [-0.2, -0.15) is 0 Å². The minimum absolute atomic E-state index is 0.175. The molecule has 3 rings (SSSR count). The van der Waals surface area contributed by atoms with E-state index >= 15 is 0 Å². The van der Waals surface area contributed by atoms with E-state index in [1.54, 1.807) is 24.3 Å². The Labute approximate surface area is 157 Å². The summed E-state index contributed by atoms with van der Waals surface area (Å²) < 4.78 is 0. The SMILES string of the molecule is Cc1cccc2[nH]c(CCC(=O)Nc3ccccc3C(=O)NCCN)nc12. The van der Waals surface area contributed by atoms with Crippen molar-refractivity contribution in [1.29, 1.82) is 0 Å². The van der Waals surface area contributed by atoms with Crippen molar-refractivity contribution >= 4 is 28.5 Å². The van der Waals surface area contributed by atoms with E-state index in [0.29, 0.717) is 30.8 Å². The van der Waals surface area contributed by atoms with E-state index in [1.165, 1.54) is 0 Å². The summed E-state index contributed by atoms with van der Waals surface area (Å²) in [5.41, 5.74) is 9.30. The van der Waals surface area contributed by atoms with E-state index in [2.05, 4.69) is 20.6 Å². The number of hydrogen-bond acceptors (Lipinski definition) is 4. The molecule has 0 fully saturated rings. The molecule has 0 unspecified atom stereocenters. The van der Waals surface area contributed by atoms with Gasteiger partial charge < -0.3 is 21.4 Å². The Morgan fingerprint density at radius 2 is 1.96 bits per heavy atom. The second-order valence-electron chi connectivity index (χ2n) is 6.29. The number of nitrogens with zero attached hydrogens (tertiary/aromatic N) is 1. The maximum absolute atomic E-state index is 12.4. The maximum atomic E-state index is 12.4. The summed E-state index contributed by atoms with van der Waals surface area (Å²) in [6, 6.07) is 12.9. The van der Waals surface area contributed by atoms with Crippen molar-refractivity contribution in [1.82, 2.24) is 15.3 Å². The van der Waals surface area contributed by atoms with Crippen LogP contribution in [0.2, 0.25) is 0 Å². The minimum atomic E-state index is -0.260. The van der Waals surface area contributed by atoms with Gasteiger partial charge in [0.2, 0.25) is 5.91 Å². The van der Waals surface area contributed by atoms with Crippen LogP contribution in [0.15, 0.2) is 42.5 Å². The lowest BCUT2D eigenvalue weighted by atomic mass is 10.1. The summed E-state index contributed by atoms with van der Waals surface area (Å²) in [6.07, 6.45) is 0.749. The predicted molar refractivity (Wildman–Crippen MR) is 106 cm³/mol. The zero-order chi connectivity index (χ0) is 19.2. The van der Waals surface area contributed by atoms with Crippen LogP contribution in [0.4, 0.5) is 5.69 Å². The molecule has 0 bridgehead atoms. The number of nitrogens with two attached hydrogens (primary N) is 1. The highest BCUT2D eigenvalue weighted by atomic mass is 16.2. The molecule has 0 saturated heterocycles. The Bertz CT molecular complexity index is 964. The van der Waals surface area contributed by atoms with Crippen LogP contribution in [0.3, 0.4) is 0 Å². The largest absolute Gasteiger partial charge is 0.351 e. The lowest BCUT2D eigenvalue weighted by Gasteiger charge is -2.11. The van der Waals surface area contributed by atoms with Crippen LogP contribution in [0.25, 0.3) is 11.0 Å². The van der Waals surface area contributed by atoms with Crippen LogP contribution < -0.4 is 16.4 Å². The first kappa shape index (κ1) is 18.6. The zero-order valence-corrected chi connectivity index (χ0v) is 15.2. The lowest BCUT2D eigenvalue weighted by Crippen LogP contribution is -2.30. The van der Waals surface area contributed by atoms with Crippen LogP contribution in [0.5, 0.6) is 0 Å². The fraction of sp³-hybridized carbons (Fsp3) is 0.250. The normalized spacial score (nSPS) is 10.7. The van der Waals surface area contributed by atoms with Gasteiger partial charge in [0.1, 0.15) is 5.82 Å². The summed E-state index contributed by atoms with van der Waals surface area (Å²) in [5, 5.41) is 5.52. The molecule has 2 aromatic carbocycles. The van der Waals surface area contributed by atoms with E-state index in [9.17, 15) is 9.59 Å². The average Bonchev–Trinajstić information content (AvgIpc) is 3.09. The van der Waals surface area contributed by atoms with Crippen LogP contribution >= 0.6 is 0 Å². The minimum Gasteiger partial charge on any atom is -0.351 e. The van der Waals surface area contributed by atoms with E-state index < -0.39 is 0 Å². The van der Waals surface area contributed by atoms with Crippen molar-refractivity contribution in [2.24, 2.45) is 5.73 Å². The predicted octanol–water partition coefficient (Wildman–Crippen LogP) is 2.13. The van der Waals surface area contributed by atoms with Crippen molar-refractivity contribution in [2.45, 2.75) is 19.8 Å². The lowest BCUT2D eigenvalue weighted by molar-refractivity contribution is -0.116. The molecule has 0 aliphatic rings. The second-order valence-corrected chi connectivity index (χ2v) is 6.29. The smallest absolute Gasteiger partial charge is 0.253 e. The number of imidazole rings is 1.